The molecule has 0 aliphatic carbocycles. The number of thiophene rings is 1. The zero-order chi connectivity index (χ0) is 35.6. The van der Waals surface area contributed by atoms with E-state index in [0.717, 1.165) is 48.4 Å². The number of aromatic nitrogens is 4. The molecule has 0 radical (unpaired) electrons. The highest BCUT2D eigenvalue weighted by atomic mass is 32.1. The molecular formula is C48H28N4S2. The Morgan fingerprint density at radius 1 is 0.352 bits per heavy atom. The van der Waals surface area contributed by atoms with Gasteiger partial charge in [0.05, 0.1) is 15.8 Å². The maximum atomic E-state index is 5.31. The second-order valence-electron chi connectivity index (χ2n) is 13.4. The summed E-state index contributed by atoms with van der Waals surface area (Å²) in [7, 11) is 0. The molecule has 0 fully saturated rings. The summed E-state index contributed by atoms with van der Waals surface area (Å²) in [6.07, 6.45) is 0. The first-order chi connectivity index (χ1) is 26.7. The minimum atomic E-state index is 0.618. The van der Waals surface area contributed by atoms with Crippen molar-refractivity contribution in [3.8, 4) is 55.9 Å². The zero-order valence-electron chi connectivity index (χ0n) is 28.8. The Kier molecular flexibility index (Phi) is 7.18. The van der Waals surface area contributed by atoms with Gasteiger partial charge in [-0.15, -0.1) is 22.7 Å². The molecule has 0 aliphatic heterocycles. The number of fused-ring (bicyclic) bond motifs is 7. The monoisotopic (exact) mass is 724 g/mol. The topological polar surface area (TPSA) is 51.6 Å². The molecule has 0 saturated carbocycles. The predicted molar refractivity (Wildman–Crippen MR) is 228 cm³/mol. The van der Waals surface area contributed by atoms with E-state index in [1.807, 2.05) is 24.3 Å². The Hall–Kier alpha value is -6.60. The predicted octanol–water partition coefficient (Wildman–Crippen LogP) is 13.5. The average Bonchev–Trinajstić information content (AvgIpc) is 3.84. The van der Waals surface area contributed by atoms with E-state index >= 15 is 0 Å². The van der Waals surface area contributed by atoms with Gasteiger partial charge in [-0.05, 0) is 50.9 Å². The summed E-state index contributed by atoms with van der Waals surface area (Å²) in [4.78, 5) is 21.0. The molecule has 252 valence electrons. The van der Waals surface area contributed by atoms with Crippen LogP contribution < -0.4 is 0 Å². The summed E-state index contributed by atoms with van der Waals surface area (Å²) in [5.74, 6) is 1.87. The summed E-state index contributed by atoms with van der Waals surface area (Å²) in [5.41, 5.74) is 7.15. The van der Waals surface area contributed by atoms with E-state index in [0.29, 0.717) is 17.5 Å². The lowest BCUT2D eigenvalue weighted by Gasteiger charge is -2.12. The van der Waals surface area contributed by atoms with Crippen molar-refractivity contribution in [2.75, 3.05) is 0 Å². The van der Waals surface area contributed by atoms with E-state index < -0.39 is 0 Å². The van der Waals surface area contributed by atoms with Crippen molar-refractivity contribution in [2.45, 2.75) is 0 Å². The molecule has 8 aromatic carbocycles. The van der Waals surface area contributed by atoms with Crippen molar-refractivity contribution in [1.82, 2.24) is 19.9 Å². The summed E-state index contributed by atoms with van der Waals surface area (Å²) in [6, 6.07) is 59.7. The Morgan fingerprint density at radius 2 is 0.926 bits per heavy atom. The number of nitrogens with zero attached hydrogens (tertiary/aromatic N) is 4. The van der Waals surface area contributed by atoms with Gasteiger partial charge in [0, 0.05) is 36.9 Å². The molecule has 0 saturated heterocycles. The van der Waals surface area contributed by atoms with Gasteiger partial charge in [-0.2, -0.15) is 0 Å². The fourth-order valence-electron chi connectivity index (χ4n) is 7.62. The lowest BCUT2D eigenvalue weighted by atomic mass is 9.93. The molecule has 4 nitrogen and oxygen atoms in total. The van der Waals surface area contributed by atoms with Crippen LogP contribution in [0.5, 0.6) is 0 Å². The van der Waals surface area contributed by atoms with Gasteiger partial charge in [0.15, 0.2) is 17.5 Å². The van der Waals surface area contributed by atoms with Gasteiger partial charge in [-0.25, -0.2) is 19.9 Å². The van der Waals surface area contributed by atoms with Gasteiger partial charge >= 0.3 is 0 Å². The van der Waals surface area contributed by atoms with Crippen molar-refractivity contribution >= 4 is 74.6 Å². The standard InChI is InChI=1S/C48H28N4S2/c1-3-13-30(14-4-1)45-50-46(31-25-23-29(24-26-31)38-27-33-17-7-8-18-34(33)35-19-9-10-20-36(35)38)52-47(51-45)43-42-37-21-11-12-22-39(37)53-40(42)28-41-44(43)49-48(54-41)32-15-5-2-6-16-32/h1-28H. The summed E-state index contributed by atoms with van der Waals surface area (Å²) in [6.45, 7) is 0. The third-order valence-corrected chi connectivity index (χ3v) is 12.3. The van der Waals surface area contributed by atoms with Crippen LogP contribution in [0.4, 0.5) is 0 Å². The Morgan fingerprint density at radius 3 is 1.69 bits per heavy atom. The third kappa shape index (κ3) is 5.11. The maximum Gasteiger partial charge on any atom is 0.167 e. The average molecular weight is 725 g/mol. The molecule has 6 heteroatoms. The van der Waals surface area contributed by atoms with Crippen molar-refractivity contribution in [3.05, 3.63) is 170 Å². The van der Waals surface area contributed by atoms with Gasteiger partial charge in [0.2, 0.25) is 0 Å². The first-order valence-corrected chi connectivity index (χ1v) is 19.5. The molecule has 54 heavy (non-hydrogen) atoms. The van der Waals surface area contributed by atoms with Crippen molar-refractivity contribution in [3.63, 3.8) is 0 Å². The second kappa shape index (κ2) is 12.5. The van der Waals surface area contributed by atoms with E-state index in [-0.39, 0.29) is 0 Å². The lowest BCUT2D eigenvalue weighted by Crippen LogP contribution is -2.01. The Bertz CT molecular complexity index is 3200. The number of thiazole rings is 1. The van der Waals surface area contributed by atoms with Gasteiger partial charge in [-0.1, -0.05) is 152 Å². The molecule has 3 heterocycles. The summed E-state index contributed by atoms with van der Waals surface area (Å²) < 4.78 is 3.53. The van der Waals surface area contributed by atoms with Gasteiger partial charge in [0.25, 0.3) is 0 Å². The summed E-state index contributed by atoms with van der Waals surface area (Å²) >= 11 is 3.51. The highest BCUT2D eigenvalue weighted by Crippen LogP contribution is 2.46. The maximum absolute atomic E-state index is 5.31. The molecule has 0 atom stereocenters. The second-order valence-corrected chi connectivity index (χ2v) is 15.5. The van der Waals surface area contributed by atoms with Crippen LogP contribution in [0.1, 0.15) is 0 Å². The van der Waals surface area contributed by atoms with E-state index in [4.69, 9.17) is 19.9 Å². The SMILES string of the molecule is c1ccc(-c2nc(-c3ccc(-c4cc5ccccc5c5ccccc45)cc3)nc(-c3c4nc(-c5ccccc5)sc4cc4sc5ccccc5c34)n2)cc1. The van der Waals surface area contributed by atoms with Crippen LogP contribution in [0.3, 0.4) is 0 Å². The zero-order valence-corrected chi connectivity index (χ0v) is 30.4. The molecule has 0 spiro atoms. The highest BCUT2D eigenvalue weighted by Gasteiger charge is 2.23. The van der Waals surface area contributed by atoms with Crippen LogP contribution in [-0.2, 0) is 0 Å². The molecule has 3 aromatic heterocycles. The fraction of sp³-hybridized carbons (Fsp3) is 0. The van der Waals surface area contributed by atoms with Crippen LogP contribution in [0.15, 0.2) is 170 Å². The number of hydrogen-bond donors (Lipinski definition) is 0. The largest absolute Gasteiger partial charge is 0.235 e. The Labute approximate surface area is 318 Å². The molecule has 0 amide bonds. The van der Waals surface area contributed by atoms with Crippen molar-refractivity contribution in [2.24, 2.45) is 0 Å². The fourth-order valence-corrected chi connectivity index (χ4v) is 9.87. The normalized spacial score (nSPS) is 11.7. The quantitative estimate of drug-likeness (QED) is 0.166. The lowest BCUT2D eigenvalue weighted by molar-refractivity contribution is 1.08. The molecule has 0 aliphatic rings. The number of hydrogen-bond acceptors (Lipinski definition) is 6. The summed E-state index contributed by atoms with van der Waals surface area (Å²) in [5, 5.41) is 8.26. The van der Waals surface area contributed by atoms with E-state index in [1.165, 1.54) is 41.9 Å². The van der Waals surface area contributed by atoms with Crippen LogP contribution in [0.25, 0.3) is 108 Å². The number of rotatable bonds is 5. The van der Waals surface area contributed by atoms with Gasteiger partial charge in [-0.3, -0.25) is 0 Å². The highest BCUT2D eigenvalue weighted by molar-refractivity contribution is 7.27. The minimum Gasteiger partial charge on any atom is -0.235 e. The van der Waals surface area contributed by atoms with E-state index in [1.54, 1.807) is 22.7 Å². The molecule has 11 aromatic rings. The van der Waals surface area contributed by atoms with Gasteiger partial charge < -0.3 is 0 Å². The Balaban J connectivity index is 1.14. The first-order valence-electron chi connectivity index (χ1n) is 17.9. The van der Waals surface area contributed by atoms with Crippen molar-refractivity contribution < 1.29 is 0 Å². The molecule has 0 bridgehead atoms. The van der Waals surface area contributed by atoms with E-state index in [2.05, 4.69) is 146 Å². The number of benzene rings is 8. The smallest absolute Gasteiger partial charge is 0.167 e. The van der Waals surface area contributed by atoms with Crippen LogP contribution in [0, 0.1) is 0 Å². The van der Waals surface area contributed by atoms with Crippen LogP contribution in [-0.4, -0.2) is 19.9 Å². The van der Waals surface area contributed by atoms with E-state index in [9.17, 15) is 0 Å². The first kappa shape index (κ1) is 31.0. The molecule has 0 unspecified atom stereocenters. The molecule has 11 rings (SSSR count). The van der Waals surface area contributed by atoms with Crippen molar-refractivity contribution in [1.29, 1.82) is 0 Å². The molecular weight excluding hydrogens is 697 g/mol. The van der Waals surface area contributed by atoms with Gasteiger partial charge in [0.1, 0.15) is 5.01 Å². The minimum absolute atomic E-state index is 0.618. The molecule has 0 N–H and O–H groups in total. The third-order valence-electron chi connectivity index (χ3n) is 10.2. The van der Waals surface area contributed by atoms with Crippen LogP contribution in [0.2, 0.25) is 0 Å². The van der Waals surface area contributed by atoms with Crippen LogP contribution >= 0.6 is 22.7 Å².